The smallest absolute Gasteiger partial charge is 0.129 e. The van der Waals surface area contributed by atoms with Crippen LogP contribution in [0.25, 0.3) is 0 Å². The first-order valence-corrected chi connectivity index (χ1v) is 6.48. The quantitative estimate of drug-likeness (QED) is 0.870. The van der Waals surface area contributed by atoms with Crippen LogP contribution in [0.4, 0.5) is 0 Å². The second-order valence-electron chi connectivity index (χ2n) is 3.88. The molecule has 2 aromatic rings. The number of rotatable bonds is 3. The molecular formula is C12H13ClN2OS. The third kappa shape index (κ3) is 3.03. The molecule has 0 fully saturated rings. The third-order valence-corrected chi connectivity index (χ3v) is 3.89. The first-order valence-electron chi connectivity index (χ1n) is 5.28. The first kappa shape index (κ1) is 12.5. The Morgan fingerprint density at radius 3 is 2.71 bits per heavy atom. The molecule has 1 atom stereocenters. The van der Waals surface area contributed by atoms with Gasteiger partial charge >= 0.3 is 0 Å². The number of hydrogen-bond acceptors (Lipinski definition) is 4. The monoisotopic (exact) mass is 268 g/mol. The van der Waals surface area contributed by atoms with Gasteiger partial charge in [0.2, 0.25) is 0 Å². The summed E-state index contributed by atoms with van der Waals surface area (Å²) in [7, 11) is 0. The molecule has 0 bridgehead atoms. The van der Waals surface area contributed by atoms with Crippen molar-refractivity contribution in [2.24, 2.45) is 0 Å². The summed E-state index contributed by atoms with van der Waals surface area (Å²) in [5.74, 6) is 0. The Morgan fingerprint density at radius 1 is 1.41 bits per heavy atom. The van der Waals surface area contributed by atoms with Crippen LogP contribution in [0.5, 0.6) is 0 Å². The summed E-state index contributed by atoms with van der Waals surface area (Å²) >= 11 is 7.32. The highest BCUT2D eigenvalue weighted by Gasteiger charge is 2.12. The number of aryl methyl sites for hydroxylation is 2. The Bertz CT molecular complexity index is 490. The molecule has 0 aromatic carbocycles. The maximum absolute atomic E-state index is 10.0. The summed E-state index contributed by atoms with van der Waals surface area (Å²) < 4.78 is 0. The van der Waals surface area contributed by atoms with Crippen molar-refractivity contribution >= 4 is 22.9 Å². The van der Waals surface area contributed by atoms with Crippen molar-refractivity contribution < 1.29 is 5.11 Å². The molecule has 1 unspecified atom stereocenters. The Morgan fingerprint density at radius 2 is 2.18 bits per heavy atom. The van der Waals surface area contributed by atoms with Gasteiger partial charge in [-0.05, 0) is 25.5 Å². The fraction of sp³-hybridized carbons (Fsp3) is 0.333. The minimum absolute atomic E-state index is 0.432. The Labute approximate surface area is 109 Å². The minimum atomic E-state index is -0.579. The predicted octanol–water partition coefficient (Wildman–Crippen LogP) is 3.08. The summed E-state index contributed by atoms with van der Waals surface area (Å²) in [6.07, 6.45) is 1.54. The molecule has 0 aliphatic heterocycles. The van der Waals surface area contributed by atoms with Crippen LogP contribution in [0.2, 0.25) is 5.15 Å². The molecule has 1 N–H and O–H groups in total. The lowest BCUT2D eigenvalue weighted by atomic mass is 10.1. The number of nitrogens with zero attached hydrogens (tertiary/aromatic N) is 2. The summed E-state index contributed by atoms with van der Waals surface area (Å²) in [6.45, 7) is 4.01. The Kier molecular flexibility index (Phi) is 3.76. The van der Waals surface area contributed by atoms with Crippen molar-refractivity contribution in [3.63, 3.8) is 0 Å². The van der Waals surface area contributed by atoms with Gasteiger partial charge in [-0.2, -0.15) is 0 Å². The molecule has 17 heavy (non-hydrogen) atoms. The van der Waals surface area contributed by atoms with Gasteiger partial charge in [0.15, 0.2) is 0 Å². The molecule has 0 amide bonds. The highest BCUT2D eigenvalue weighted by atomic mass is 35.5. The van der Waals surface area contributed by atoms with Crippen LogP contribution in [0.3, 0.4) is 0 Å². The number of hydrogen-bond donors (Lipinski definition) is 1. The molecule has 0 aliphatic carbocycles. The van der Waals surface area contributed by atoms with E-state index in [9.17, 15) is 5.11 Å². The molecule has 0 saturated carbocycles. The van der Waals surface area contributed by atoms with Gasteiger partial charge in [-0.15, -0.1) is 11.3 Å². The van der Waals surface area contributed by atoms with Crippen LogP contribution in [0, 0.1) is 13.8 Å². The molecule has 5 heteroatoms. The van der Waals surface area contributed by atoms with Crippen LogP contribution >= 0.6 is 22.9 Å². The SMILES string of the molecule is Cc1nc(CC(O)c2ccc(Cl)nc2)sc1C. The zero-order valence-electron chi connectivity index (χ0n) is 9.64. The first-order chi connectivity index (χ1) is 8.06. The van der Waals surface area contributed by atoms with Gasteiger partial charge in [0.25, 0.3) is 0 Å². The van der Waals surface area contributed by atoms with Crippen LogP contribution in [-0.4, -0.2) is 15.1 Å². The molecule has 0 radical (unpaired) electrons. The van der Waals surface area contributed by atoms with E-state index in [4.69, 9.17) is 11.6 Å². The van der Waals surface area contributed by atoms with E-state index < -0.39 is 6.10 Å². The maximum Gasteiger partial charge on any atom is 0.129 e. The summed E-state index contributed by atoms with van der Waals surface area (Å²) in [6, 6.07) is 3.46. The van der Waals surface area contributed by atoms with Crippen LogP contribution in [-0.2, 0) is 6.42 Å². The van der Waals surface area contributed by atoms with E-state index in [1.165, 1.54) is 4.88 Å². The lowest BCUT2D eigenvalue weighted by Crippen LogP contribution is -2.02. The standard InChI is InChI=1S/C12H13ClN2OS/c1-7-8(2)17-12(15-7)5-10(16)9-3-4-11(13)14-6-9/h3-4,6,10,16H,5H2,1-2H3. The average Bonchev–Trinajstić information content (AvgIpc) is 2.58. The fourth-order valence-electron chi connectivity index (χ4n) is 1.49. The number of aliphatic hydroxyl groups is 1. The second kappa shape index (κ2) is 5.12. The molecule has 3 nitrogen and oxygen atoms in total. The highest BCUT2D eigenvalue weighted by Crippen LogP contribution is 2.23. The van der Waals surface area contributed by atoms with E-state index in [2.05, 4.69) is 9.97 Å². The van der Waals surface area contributed by atoms with Gasteiger partial charge in [0.05, 0.1) is 16.8 Å². The molecule has 0 saturated heterocycles. The number of thiazole rings is 1. The number of pyridine rings is 1. The molecule has 2 rings (SSSR count). The highest BCUT2D eigenvalue weighted by molar-refractivity contribution is 7.11. The maximum atomic E-state index is 10.0. The van der Waals surface area contributed by atoms with Gasteiger partial charge in [0, 0.05) is 17.5 Å². The zero-order valence-corrected chi connectivity index (χ0v) is 11.2. The van der Waals surface area contributed by atoms with Crippen molar-refractivity contribution in [2.75, 3.05) is 0 Å². The topological polar surface area (TPSA) is 46.0 Å². The van der Waals surface area contributed by atoms with Gasteiger partial charge in [-0.3, -0.25) is 0 Å². The van der Waals surface area contributed by atoms with Crippen molar-refractivity contribution in [3.8, 4) is 0 Å². The van der Waals surface area contributed by atoms with Crippen LogP contribution in [0.1, 0.15) is 27.2 Å². The van der Waals surface area contributed by atoms with Gasteiger partial charge in [0.1, 0.15) is 5.15 Å². The molecule has 0 spiro atoms. The average molecular weight is 269 g/mol. The lowest BCUT2D eigenvalue weighted by molar-refractivity contribution is 0.178. The van der Waals surface area contributed by atoms with Crippen molar-refractivity contribution in [2.45, 2.75) is 26.4 Å². The Hall–Kier alpha value is -0.970. The van der Waals surface area contributed by atoms with Crippen molar-refractivity contribution in [1.29, 1.82) is 0 Å². The predicted molar refractivity (Wildman–Crippen MR) is 69.5 cm³/mol. The molecule has 90 valence electrons. The van der Waals surface area contributed by atoms with E-state index in [1.807, 2.05) is 13.8 Å². The van der Waals surface area contributed by atoms with Crippen molar-refractivity contribution in [1.82, 2.24) is 9.97 Å². The van der Waals surface area contributed by atoms with Gasteiger partial charge < -0.3 is 5.11 Å². The molecule has 2 aromatic heterocycles. The summed E-state index contributed by atoms with van der Waals surface area (Å²) in [5.41, 5.74) is 1.80. The van der Waals surface area contributed by atoms with Crippen LogP contribution < -0.4 is 0 Å². The third-order valence-electron chi connectivity index (χ3n) is 2.58. The summed E-state index contributed by atoms with van der Waals surface area (Å²) in [4.78, 5) is 9.55. The van der Waals surface area contributed by atoms with E-state index in [0.29, 0.717) is 11.6 Å². The van der Waals surface area contributed by atoms with Gasteiger partial charge in [-0.1, -0.05) is 17.7 Å². The fourth-order valence-corrected chi connectivity index (χ4v) is 2.58. The molecular weight excluding hydrogens is 256 g/mol. The number of halogens is 1. The lowest BCUT2D eigenvalue weighted by Gasteiger charge is -2.08. The second-order valence-corrected chi connectivity index (χ2v) is 5.56. The normalized spacial score (nSPS) is 12.7. The zero-order chi connectivity index (χ0) is 12.4. The van der Waals surface area contributed by atoms with E-state index in [-0.39, 0.29) is 0 Å². The number of aromatic nitrogens is 2. The van der Waals surface area contributed by atoms with E-state index >= 15 is 0 Å². The van der Waals surface area contributed by atoms with Crippen LogP contribution in [0.15, 0.2) is 18.3 Å². The molecule has 0 aliphatic rings. The Balaban J connectivity index is 2.11. The summed E-state index contributed by atoms with van der Waals surface area (Å²) in [5, 5.41) is 11.4. The minimum Gasteiger partial charge on any atom is -0.388 e. The van der Waals surface area contributed by atoms with Crippen molar-refractivity contribution in [3.05, 3.63) is 44.6 Å². The van der Waals surface area contributed by atoms with E-state index in [1.54, 1.807) is 29.7 Å². The van der Waals surface area contributed by atoms with Gasteiger partial charge in [-0.25, -0.2) is 9.97 Å². The molecule has 2 heterocycles. The largest absolute Gasteiger partial charge is 0.388 e. The van der Waals surface area contributed by atoms with E-state index in [0.717, 1.165) is 16.3 Å². The number of aliphatic hydroxyl groups excluding tert-OH is 1.